The average Bonchev–Trinajstić information content (AvgIpc) is 2.96. The molecular formula is C17H11ClF3N3O. The Balaban J connectivity index is 2.21. The van der Waals surface area contributed by atoms with Crippen molar-refractivity contribution in [2.24, 2.45) is 0 Å². The molecule has 0 saturated heterocycles. The number of hydrogen-bond acceptors (Lipinski definition) is 2. The highest BCUT2D eigenvalue weighted by molar-refractivity contribution is 6.30. The zero-order valence-corrected chi connectivity index (χ0v) is 13.4. The number of fused-ring (bicyclic) bond motifs is 1. The largest absolute Gasteiger partial charge is 0.321 e. The maximum Gasteiger partial charge on any atom is 0.320 e. The van der Waals surface area contributed by atoms with Crippen molar-refractivity contribution >= 4 is 34.2 Å². The number of hydrogen-bond donors (Lipinski definition) is 1. The van der Waals surface area contributed by atoms with Gasteiger partial charge in [-0.05, 0) is 29.8 Å². The molecule has 1 N–H and O–H groups in total. The summed E-state index contributed by atoms with van der Waals surface area (Å²) in [6.45, 7) is 0.515. The molecule has 0 aliphatic heterocycles. The second-order valence-electron chi connectivity index (χ2n) is 5.15. The summed E-state index contributed by atoms with van der Waals surface area (Å²) in [5, 5.41) is 2.78. The average molecular weight is 366 g/mol. The first-order valence-electron chi connectivity index (χ1n) is 7.08. The predicted molar refractivity (Wildman–Crippen MR) is 90.2 cm³/mol. The lowest BCUT2D eigenvalue weighted by atomic mass is 10.1. The van der Waals surface area contributed by atoms with E-state index in [1.165, 1.54) is 30.6 Å². The number of halogens is 4. The van der Waals surface area contributed by atoms with Gasteiger partial charge in [-0.15, -0.1) is 0 Å². The molecule has 0 atom stereocenters. The normalized spacial score (nSPS) is 11.1. The number of benzene rings is 1. The molecule has 25 heavy (non-hydrogen) atoms. The van der Waals surface area contributed by atoms with Crippen LogP contribution < -0.4 is 5.32 Å². The van der Waals surface area contributed by atoms with Gasteiger partial charge in [-0.1, -0.05) is 24.2 Å². The topological polar surface area (TPSA) is 46.9 Å². The number of pyridine rings is 1. The van der Waals surface area contributed by atoms with Gasteiger partial charge in [0.05, 0.1) is 16.9 Å². The lowest BCUT2D eigenvalue weighted by Gasteiger charge is -2.05. The van der Waals surface area contributed by atoms with Crippen molar-refractivity contribution in [2.75, 3.05) is 5.32 Å². The van der Waals surface area contributed by atoms with Crippen molar-refractivity contribution in [3.63, 3.8) is 0 Å². The fourth-order valence-corrected chi connectivity index (χ4v) is 2.55. The summed E-state index contributed by atoms with van der Waals surface area (Å²) in [4.78, 5) is 15.4. The SMILES string of the molecule is C=CC(=O)Nc1cnc2c(c1)c(-c1ccc(Cl)c(F)c1)cn2C(F)F. The van der Waals surface area contributed by atoms with Gasteiger partial charge in [-0.25, -0.2) is 9.37 Å². The number of amides is 1. The molecular weight excluding hydrogens is 355 g/mol. The van der Waals surface area contributed by atoms with E-state index in [0.29, 0.717) is 26.8 Å². The fraction of sp³-hybridized carbons (Fsp3) is 0.0588. The Bertz CT molecular complexity index is 985. The molecule has 0 bridgehead atoms. The van der Waals surface area contributed by atoms with Crippen molar-refractivity contribution in [2.45, 2.75) is 6.55 Å². The Hall–Kier alpha value is -2.80. The second kappa shape index (κ2) is 6.60. The highest BCUT2D eigenvalue weighted by Crippen LogP contribution is 2.34. The van der Waals surface area contributed by atoms with Crippen molar-refractivity contribution in [1.29, 1.82) is 0 Å². The summed E-state index contributed by atoms with van der Waals surface area (Å²) >= 11 is 5.67. The molecule has 3 aromatic rings. The minimum absolute atomic E-state index is 0.0111. The van der Waals surface area contributed by atoms with Crippen molar-refractivity contribution < 1.29 is 18.0 Å². The molecule has 128 valence electrons. The van der Waals surface area contributed by atoms with Crippen LogP contribution in [-0.4, -0.2) is 15.5 Å². The van der Waals surface area contributed by atoms with Gasteiger partial charge in [-0.3, -0.25) is 9.36 Å². The number of carbonyl (C=O) groups excluding carboxylic acids is 1. The minimum atomic E-state index is -2.82. The molecule has 0 aliphatic carbocycles. The lowest BCUT2D eigenvalue weighted by molar-refractivity contribution is -0.111. The van der Waals surface area contributed by atoms with Crippen LogP contribution in [0.25, 0.3) is 22.2 Å². The zero-order chi connectivity index (χ0) is 18.1. The summed E-state index contributed by atoms with van der Waals surface area (Å²) in [5.41, 5.74) is 1.02. The van der Waals surface area contributed by atoms with Gasteiger partial charge in [0, 0.05) is 17.1 Å². The van der Waals surface area contributed by atoms with E-state index >= 15 is 0 Å². The van der Waals surface area contributed by atoms with E-state index in [2.05, 4.69) is 16.9 Å². The van der Waals surface area contributed by atoms with Crippen molar-refractivity contribution in [1.82, 2.24) is 9.55 Å². The van der Waals surface area contributed by atoms with Crippen LogP contribution in [0.15, 0.2) is 49.3 Å². The van der Waals surface area contributed by atoms with Gasteiger partial charge in [0.2, 0.25) is 5.91 Å². The Morgan fingerprint density at radius 3 is 2.76 bits per heavy atom. The van der Waals surface area contributed by atoms with E-state index in [-0.39, 0.29) is 10.7 Å². The number of carbonyl (C=O) groups is 1. The molecule has 1 aromatic carbocycles. The van der Waals surface area contributed by atoms with E-state index in [9.17, 15) is 18.0 Å². The van der Waals surface area contributed by atoms with Crippen LogP contribution in [0.1, 0.15) is 6.55 Å². The molecule has 0 unspecified atom stereocenters. The number of anilines is 1. The number of rotatable bonds is 4. The highest BCUT2D eigenvalue weighted by Gasteiger charge is 2.18. The Morgan fingerprint density at radius 1 is 1.36 bits per heavy atom. The van der Waals surface area contributed by atoms with E-state index in [1.54, 1.807) is 0 Å². The number of nitrogens with zero attached hydrogens (tertiary/aromatic N) is 2. The molecule has 2 aromatic heterocycles. The van der Waals surface area contributed by atoms with Crippen LogP contribution in [0.5, 0.6) is 0 Å². The molecule has 1 amide bonds. The maximum absolute atomic E-state index is 13.8. The van der Waals surface area contributed by atoms with E-state index in [1.807, 2.05) is 0 Å². The van der Waals surface area contributed by atoms with Crippen LogP contribution in [0.2, 0.25) is 5.02 Å². The summed E-state index contributed by atoms with van der Waals surface area (Å²) in [6.07, 6.45) is 3.52. The maximum atomic E-state index is 13.8. The minimum Gasteiger partial charge on any atom is -0.321 e. The van der Waals surface area contributed by atoms with Gasteiger partial charge in [0.25, 0.3) is 0 Å². The Kier molecular flexibility index (Phi) is 4.50. The monoisotopic (exact) mass is 365 g/mol. The van der Waals surface area contributed by atoms with Gasteiger partial charge in [0.15, 0.2) is 0 Å². The predicted octanol–water partition coefficient (Wildman–Crippen LogP) is 5.02. The first kappa shape index (κ1) is 17.0. The number of alkyl halides is 2. The molecule has 2 heterocycles. The first-order chi connectivity index (χ1) is 11.9. The molecule has 4 nitrogen and oxygen atoms in total. The van der Waals surface area contributed by atoms with Gasteiger partial charge < -0.3 is 5.32 Å². The lowest BCUT2D eigenvalue weighted by Crippen LogP contribution is -2.07. The van der Waals surface area contributed by atoms with Gasteiger partial charge >= 0.3 is 6.55 Å². The second-order valence-corrected chi connectivity index (χ2v) is 5.55. The molecule has 8 heteroatoms. The third kappa shape index (κ3) is 3.23. The highest BCUT2D eigenvalue weighted by atomic mass is 35.5. The molecule has 0 fully saturated rings. The van der Waals surface area contributed by atoms with Crippen LogP contribution in [0.4, 0.5) is 18.9 Å². The third-order valence-corrected chi connectivity index (χ3v) is 3.87. The third-order valence-electron chi connectivity index (χ3n) is 3.56. The summed E-state index contributed by atoms with van der Waals surface area (Å²) < 4.78 is 41.0. The van der Waals surface area contributed by atoms with E-state index in [4.69, 9.17) is 11.6 Å². The molecule has 0 aliphatic rings. The van der Waals surface area contributed by atoms with E-state index < -0.39 is 18.3 Å². The Morgan fingerprint density at radius 2 is 2.12 bits per heavy atom. The van der Waals surface area contributed by atoms with Crippen molar-refractivity contribution in [3.8, 4) is 11.1 Å². The molecule has 0 radical (unpaired) electrons. The molecule has 0 saturated carbocycles. The van der Waals surface area contributed by atoms with Gasteiger partial charge in [0.1, 0.15) is 11.5 Å². The van der Waals surface area contributed by atoms with E-state index in [0.717, 1.165) is 12.1 Å². The Labute approximate surface area is 145 Å². The van der Waals surface area contributed by atoms with Crippen LogP contribution in [0, 0.1) is 5.82 Å². The molecule has 3 rings (SSSR count). The van der Waals surface area contributed by atoms with Gasteiger partial charge in [-0.2, -0.15) is 8.78 Å². The molecule has 0 spiro atoms. The van der Waals surface area contributed by atoms with Crippen LogP contribution in [-0.2, 0) is 4.79 Å². The summed E-state index contributed by atoms with van der Waals surface area (Å²) in [5.74, 6) is -1.13. The zero-order valence-electron chi connectivity index (χ0n) is 12.6. The van der Waals surface area contributed by atoms with Crippen LogP contribution >= 0.6 is 11.6 Å². The summed E-state index contributed by atoms with van der Waals surface area (Å²) in [6, 6.07) is 5.51. The van der Waals surface area contributed by atoms with Crippen LogP contribution in [0.3, 0.4) is 0 Å². The standard InChI is InChI=1S/C17H11ClF3N3O/c1-2-15(25)23-10-6-11-12(9-3-4-13(18)14(19)5-9)8-24(17(20)21)16(11)22-7-10/h2-8,17H,1H2,(H,23,25). The number of aromatic nitrogens is 2. The number of nitrogens with one attached hydrogen (secondary N) is 1. The quantitative estimate of drug-likeness (QED) is 0.660. The first-order valence-corrected chi connectivity index (χ1v) is 7.46. The summed E-state index contributed by atoms with van der Waals surface area (Å²) in [7, 11) is 0. The smallest absolute Gasteiger partial charge is 0.320 e. The fourth-order valence-electron chi connectivity index (χ4n) is 2.44. The van der Waals surface area contributed by atoms with Crippen molar-refractivity contribution in [3.05, 3.63) is 60.2 Å².